The number of H-pyrrole nitrogens is 2. The van der Waals surface area contributed by atoms with Gasteiger partial charge in [0.25, 0.3) is 5.56 Å². The molecule has 4 nitrogen and oxygen atoms in total. The van der Waals surface area contributed by atoms with E-state index >= 15 is 0 Å². The number of hydrogen-bond donors (Lipinski definition) is 2. The third-order valence-corrected chi connectivity index (χ3v) is 3.58. The third-order valence-electron chi connectivity index (χ3n) is 3.37. The van der Waals surface area contributed by atoms with E-state index in [9.17, 15) is 4.79 Å². The normalized spacial score (nSPS) is 10.9. The van der Waals surface area contributed by atoms with Crippen LogP contribution >= 0.6 is 12.2 Å². The first kappa shape index (κ1) is 16.5. The summed E-state index contributed by atoms with van der Waals surface area (Å²) < 4.78 is 6.05. The Balaban J connectivity index is 2.18. The van der Waals surface area contributed by atoms with Crippen molar-refractivity contribution in [3.8, 4) is 5.75 Å². The fourth-order valence-electron chi connectivity index (χ4n) is 2.22. The monoisotopic (exact) mass is 318 g/mol. The quantitative estimate of drug-likeness (QED) is 0.800. The summed E-state index contributed by atoms with van der Waals surface area (Å²) in [7, 11) is 0. The van der Waals surface area contributed by atoms with Crippen molar-refractivity contribution in [1.82, 2.24) is 9.97 Å². The molecule has 1 aromatic carbocycles. The van der Waals surface area contributed by atoms with Crippen LogP contribution in [0.4, 0.5) is 0 Å². The van der Waals surface area contributed by atoms with Gasteiger partial charge in [-0.05, 0) is 42.3 Å². The third kappa shape index (κ3) is 4.31. The van der Waals surface area contributed by atoms with Gasteiger partial charge in [0.05, 0.1) is 6.61 Å². The van der Waals surface area contributed by atoms with Crippen LogP contribution in [0.15, 0.2) is 29.1 Å². The minimum Gasteiger partial charge on any atom is -0.493 e. The molecule has 0 aliphatic carbocycles. The van der Waals surface area contributed by atoms with Crippen molar-refractivity contribution in [1.29, 1.82) is 0 Å². The number of rotatable bonds is 6. The molecule has 0 radical (unpaired) electrons. The maximum Gasteiger partial charge on any atom is 0.255 e. The molecule has 2 rings (SSSR count). The van der Waals surface area contributed by atoms with Crippen LogP contribution in [0, 0.1) is 10.7 Å². The molecule has 0 atom stereocenters. The minimum absolute atomic E-state index is 0.110. The Bertz CT molecular complexity index is 730. The van der Waals surface area contributed by atoms with Crippen molar-refractivity contribution in [2.75, 3.05) is 6.61 Å². The second-order valence-electron chi connectivity index (χ2n) is 5.74. The van der Waals surface area contributed by atoms with Crippen molar-refractivity contribution >= 4 is 12.2 Å². The Morgan fingerprint density at radius 3 is 2.45 bits per heavy atom. The number of aromatic nitrogens is 2. The first-order valence-electron chi connectivity index (χ1n) is 7.55. The van der Waals surface area contributed by atoms with Crippen molar-refractivity contribution in [3.05, 3.63) is 56.2 Å². The first-order valence-corrected chi connectivity index (χ1v) is 7.96. The fraction of sp³-hybridized carbons (Fsp3) is 0.412. The molecule has 0 aliphatic heterocycles. The summed E-state index contributed by atoms with van der Waals surface area (Å²) in [6, 6.07) is 7.89. The van der Waals surface area contributed by atoms with Gasteiger partial charge in [0.15, 0.2) is 4.77 Å². The molecule has 2 N–H and O–H groups in total. The van der Waals surface area contributed by atoms with E-state index in [4.69, 9.17) is 17.0 Å². The maximum absolute atomic E-state index is 12.1. The van der Waals surface area contributed by atoms with Crippen molar-refractivity contribution in [3.63, 3.8) is 0 Å². The molecular weight excluding hydrogens is 296 g/mol. The molecule has 0 unspecified atom stereocenters. The second kappa shape index (κ2) is 7.40. The SMILES string of the molecule is CCc1[nH]c(=S)[nH]c(=O)c1Cc1ccc(OCC(C)C)cc1. The lowest BCUT2D eigenvalue weighted by atomic mass is 10.0. The Labute approximate surface area is 135 Å². The van der Waals surface area contributed by atoms with Gasteiger partial charge in [-0.1, -0.05) is 32.9 Å². The highest BCUT2D eigenvalue weighted by atomic mass is 32.1. The highest BCUT2D eigenvalue weighted by Gasteiger charge is 2.08. The van der Waals surface area contributed by atoms with E-state index in [2.05, 4.69) is 23.8 Å². The minimum atomic E-state index is -0.110. The van der Waals surface area contributed by atoms with E-state index in [1.165, 1.54) is 0 Å². The van der Waals surface area contributed by atoms with Crippen LogP contribution in [0.2, 0.25) is 0 Å². The van der Waals surface area contributed by atoms with Crippen molar-refractivity contribution in [2.45, 2.75) is 33.6 Å². The van der Waals surface area contributed by atoms with Crippen molar-refractivity contribution in [2.24, 2.45) is 5.92 Å². The van der Waals surface area contributed by atoms with Crippen LogP contribution in [0.5, 0.6) is 5.75 Å². The predicted octanol–water partition coefficient (Wildman–Crippen LogP) is 3.62. The predicted molar refractivity (Wildman–Crippen MR) is 91.2 cm³/mol. The van der Waals surface area contributed by atoms with E-state index in [1.807, 2.05) is 31.2 Å². The van der Waals surface area contributed by atoms with Gasteiger partial charge in [0.1, 0.15) is 5.75 Å². The number of hydrogen-bond acceptors (Lipinski definition) is 3. The number of nitrogens with one attached hydrogen (secondary N) is 2. The summed E-state index contributed by atoms with van der Waals surface area (Å²) in [5.41, 5.74) is 2.60. The molecule has 0 fully saturated rings. The van der Waals surface area contributed by atoms with E-state index in [1.54, 1.807) is 0 Å². The van der Waals surface area contributed by atoms with Gasteiger partial charge >= 0.3 is 0 Å². The topological polar surface area (TPSA) is 57.9 Å². The molecule has 5 heteroatoms. The number of benzene rings is 1. The van der Waals surface area contributed by atoms with Crippen LogP contribution in [0.25, 0.3) is 0 Å². The summed E-state index contributed by atoms with van der Waals surface area (Å²) >= 11 is 5.02. The largest absolute Gasteiger partial charge is 0.493 e. The molecule has 2 aromatic rings. The van der Waals surface area contributed by atoms with Crippen LogP contribution < -0.4 is 10.3 Å². The Kier molecular flexibility index (Phi) is 5.55. The van der Waals surface area contributed by atoms with Gasteiger partial charge in [-0.3, -0.25) is 9.78 Å². The molecule has 0 spiro atoms. The van der Waals surface area contributed by atoms with E-state index < -0.39 is 0 Å². The number of ether oxygens (including phenoxy) is 1. The average molecular weight is 318 g/mol. The van der Waals surface area contributed by atoms with Gasteiger partial charge in [0, 0.05) is 17.7 Å². The van der Waals surface area contributed by atoms with E-state index in [-0.39, 0.29) is 5.56 Å². The standard InChI is InChI=1S/C17H22N2O2S/c1-4-15-14(16(20)19-17(22)18-15)9-12-5-7-13(8-6-12)21-10-11(2)3/h5-8,11H,4,9-10H2,1-3H3,(H2,18,19,20,22). The van der Waals surface area contributed by atoms with Crippen LogP contribution in [0.1, 0.15) is 37.6 Å². The average Bonchev–Trinajstić information content (AvgIpc) is 2.48. The molecule has 22 heavy (non-hydrogen) atoms. The summed E-state index contributed by atoms with van der Waals surface area (Å²) in [5, 5.41) is 0. The second-order valence-corrected chi connectivity index (χ2v) is 6.15. The number of aromatic amines is 2. The molecule has 1 heterocycles. The highest BCUT2D eigenvalue weighted by Crippen LogP contribution is 2.16. The van der Waals surface area contributed by atoms with Gasteiger partial charge in [-0.25, -0.2) is 0 Å². The summed E-state index contributed by atoms with van der Waals surface area (Å²) in [4.78, 5) is 17.8. The van der Waals surface area contributed by atoms with Gasteiger partial charge in [-0.2, -0.15) is 0 Å². The fourth-order valence-corrected chi connectivity index (χ4v) is 2.43. The van der Waals surface area contributed by atoms with Crippen LogP contribution in [-0.4, -0.2) is 16.6 Å². The zero-order chi connectivity index (χ0) is 16.1. The molecule has 0 saturated carbocycles. The van der Waals surface area contributed by atoms with E-state index in [0.29, 0.717) is 23.7 Å². The Morgan fingerprint density at radius 1 is 1.18 bits per heavy atom. The van der Waals surface area contributed by atoms with Crippen LogP contribution in [-0.2, 0) is 12.8 Å². The van der Waals surface area contributed by atoms with Crippen LogP contribution in [0.3, 0.4) is 0 Å². The Hall–Kier alpha value is -1.88. The molecule has 118 valence electrons. The van der Waals surface area contributed by atoms with Gasteiger partial charge < -0.3 is 9.72 Å². The lowest BCUT2D eigenvalue weighted by Gasteiger charge is -2.10. The van der Waals surface area contributed by atoms with Gasteiger partial charge in [-0.15, -0.1) is 0 Å². The zero-order valence-electron chi connectivity index (χ0n) is 13.2. The molecule has 1 aromatic heterocycles. The molecule has 0 amide bonds. The Morgan fingerprint density at radius 2 is 1.86 bits per heavy atom. The smallest absolute Gasteiger partial charge is 0.255 e. The maximum atomic E-state index is 12.1. The molecular formula is C17H22N2O2S. The van der Waals surface area contributed by atoms with E-state index in [0.717, 1.165) is 29.0 Å². The van der Waals surface area contributed by atoms with Crippen molar-refractivity contribution < 1.29 is 4.74 Å². The number of aryl methyl sites for hydroxylation is 1. The van der Waals surface area contributed by atoms with Gasteiger partial charge in [0.2, 0.25) is 0 Å². The summed E-state index contributed by atoms with van der Waals surface area (Å²) in [6.45, 7) is 6.94. The first-order chi connectivity index (χ1) is 10.5. The molecule has 0 bridgehead atoms. The highest BCUT2D eigenvalue weighted by molar-refractivity contribution is 7.71. The lowest BCUT2D eigenvalue weighted by molar-refractivity contribution is 0.271. The molecule has 0 aliphatic rings. The zero-order valence-corrected chi connectivity index (χ0v) is 14.0. The molecule has 0 saturated heterocycles. The summed E-state index contributed by atoms with van der Waals surface area (Å²) in [6.07, 6.45) is 1.33. The lowest BCUT2D eigenvalue weighted by Crippen LogP contribution is -2.18. The summed E-state index contributed by atoms with van der Waals surface area (Å²) in [5.74, 6) is 1.35.